The minimum absolute atomic E-state index is 0.321. The molecule has 84 valence electrons. The summed E-state index contributed by atoms with van der Waals surface area (Å²) in [6.45, 7) is 0. The van der Waals surface area contributed by atoms with Crippen LogP contribution in [0.3, 0.4) is 0 Å². The van der Waals surface area contributed by atoms with Crippen LogP contribution in [-0.4, -0.2) is 11.1 Å². The molecule has 0 radical (unpaired) electrons. The maximum atomic E-state index is 11.1. The molecule has 1 aromatic carbocycles. The van der Waals surface area contributed by atoms with Gasteiger partial charge in [-0.05, 0) is 17.2 Å². The van der Waals surface area contributed by atoms with Crippen molar-refractivity contribution >= 4 is 11.5 Å². The van der Waals surface area contributed by atoms with Crippen LogP contribution in [-0.2, 0) is 0 Å². The number of aromatic carboxylic acids is 1. The van der Waals surface area contributed by atoms with Crippen molar-refractivity contribution in [1.29, 1.82) is 0 Å². The number of benzene rings is 1. The second kappa shape index (κ2) is 5.12. The van der Waals surface area contributed by atoms with Gasteiger partial charge < -0.3 is 5.11 Å². The molecule has 1 aliphatic rings. The van der Waals surface area contributed by atoms with Crippen LogP contribution in [0.25, 0.3) is 5.57 Å². The number of carboxylic acid groups (broad SMARTS) is 1. The second-order valence-electron chi connectivity index (χ2n) is 3.60. The molecule has 0 atom stereocenters. The summed E-state index contributed by atoms with van der Waals surface area (Å²) in [7, 11) is 0. The Morgan fingerprint density at radius 2 is 1.65 bits per heavy atom. The molecule has 0 spiro atoms. The van der Waals surface area contributed by atoms with Crippen LogP contribution in [0.5, 0.6) is 0 Å². The number of hydrogen-bond acceptors (Lipinski definition) is 1. The zero-order valence-corrected chi connectivity index (χ0v) is 9.21. The molecule has 0 amide bonds. The molecular weight excluding hydrogens is 212 g/mol. The van der Waals surface area contributed by atoms with E-state index >= 15 is 0 Å². The summed E-state index contributed by atoms with van der Waals surface area (Å²) in [6, 6.07) is 7.01. The Labute approximate surface area is 99.9 Å². The lowest BCUT2D eigenvalue weighted by atomic mass is 9.98. The highest BCUT2D eigenvalue weighted by Gasteiger charge is 2.10. The third-order valence-corrected chi connectivity index (χ3v) is 2.46. The fourth-order valence-corrected chi connectivity index (χ4v) is 1.67. The highest BCUT2D eigenvalue weighted by molar-refractivity contribution is 5.95. The Hall–Kier alpha value is -2.35. The predicted octanol–water partition coefficient (Wildman–Crippen LogP) is 3.45. The van der Waals surface area contributed by atoms with Crippen molar-refractivity contribution in [2.24, 2.45) is 0 Å². The molecule has 2 rings (SSSR count). The van der Waals surface area contributed by atoms with Crippen molar-refractivity contribution in [2.75, 3.05) is 0 Å². The van der Waals surface area contributed by atoms with Gasteiger partial charge in [-0.3, -0.25) is 0 Å². The highest BCUT2D eigenvalue weighted by Crippen LogP contribution is 2.21. The lowest BCUT2D eigenvalue weighted by Crippen LogP contribution is -2.00. The van der Waals surface area contributed by atoms with Gasteiger partial charge >= 0.3 is 5.97 Å². The monoisotopic (exact) mass is 224 g/mol. The first-order valence-electron chi connectivity index (χ1n) is 5.33. The van der Waals surface area contributed by atoms with Crippen LogP contribution < -0.4 is 0 Å². The summed E-state index contributed by atoms with van der Waals surface area (Å²) in [5, 5.41) is 9.14. The smallest absolute Gasteiger partial charge is 0.336 e. The molecule has 0 saturated heterocycles. The van der Waals surface area contributed by atoms with Crippen LogP contribution in [0.2, 0.25) is 0 Å². The first-order chi connectivity index (χ1) is 8.29. The number of rotatable bonds is 2. The second-order valence-corrected chi connectivity index (χ2v) is 3.60. The maximum absolute atomic E-state index is 11.1. The average molecular weight is 224 g/mol. The lowest BCUT2D eigenvalue weighted by molar-refractivity contribution is 0.0696. The van der Waals surface area contributed by atoms with Gasteiger partial charge in [0.1, 0.15) is 0 Å². The SMILES string of the molecule is O=C(O)c1ccccc1C1=C/C=C\C=C/C=C\1. The normalized spacial score (nSPS) is 22.7. The van der Waals surface area contributed by atoms with Crippen LogP contribution >= 0.6 is 0 Å². The van der Waals surface area contributed by atoms with E-state index in [1.807, 2.05) is 54.7 Å². The highest BCUT2D eigenvalue weighted by atomic mass is 16.4. The van der Waals surface area contributed by atoms with Crippen molar-refractivity contribution in [3.63, 3.8) is 0 Å². The van der Waals surface area contributed by atoms with Crippen molar-refractivity contribution in [1.82, 2.24) is 0 Å². The van der Waals surface area contributed by atoms with Gasteiger partial charge in [0, 0.05) is 0 Å². The molecule has 0 aromatic heterocycles. The molecule has 0 aliphatic heterocycles. The van der Waals surface area contributed by atoms with Gasteiger partial charge in [0.15, 0.2) is 0 Å². The van der Waals surface area contributed by atoms with E-state index in [4.69, 9.17) is 5.11 Å². The number of carboxylic acids is 1. The molecule has 0 unspecified atom stereocenters. The minimum atomic E-state index is -0.906. The van der Waals surface area contributed by atoms with Gasteiger partial charge in [0.25, 0.3) is 0 Å². The molecule has 17 heavy (non-hydrogen) atoms. The first-order valence-corrected chi connectivity index (χ1v) is 5.33. The fourth-order valence-electron chi connectivity index (χ4n) is 1.67. The zero-order valence-electron chi connectivity index (χ0n) is 9.21. The van der Waals surface area contributed by atoms with Gasteiger partial charge in [-0.1, -0.05) is 60.7 Å². The van der Waals surface area contributed by atoms with E-state index in [9.17, 15) is 4.79 Å². The quantitative estimate of drug-likeness (QED) is 0.835. The Balaban J connectivity index is 2.50. The largest absolute Gasteiger partial charge is 0.478 e. The summed E-state index contributed by atoms with van der Waals surface area (Å²) in [5.41, 5.74) is 1.95. The van der Waals surface area contributed by atoms with Crippen LogP contribution in [0.4, 0.5) is 0 Å². The standard InChI is InChI=1S/C15H12O2/c16-15(17)14-11-7-6-10-13(14)12-8-4-2-1-3-5-9-12/h1-11H,(H,16,17)/b2-1-,3-1?,4-2?,5-3-,8-4-,9-5?,12-8?,12-9+. The van der Waals surface area contributed by atoms with Crippen molar-refractivity contribution in [3.8, 4) is 0 Å². The molecule has 0 fully saturated rings. The minimum Gasteiger partial charge on any atom is -0.478 e. The topological polar surface area (TPSA) is 37.3 Å². The van der Waals surface area contributed by atoms with Gasteiger partial charge in [0.05, 0.1) is 5.56 Å². The predicted molar refractivity (Wildman–Crippen MR) is 68.8 cm³/mol. The molecule has 0 bridgehead atoms. The number of carbonyl (C=O) groups is 1. The summed E-state index contributed by atoms with van der Waals surface area (Å²) < 4.78 is 0. The van der Waals surface area contributed by atoms with E-state index in [0.29, 0.717) is 5.56 Å². The Kier molecular flexibility index (Phi) is 3.36. The summed E-state index contributed by atoms with van der Waals surface area (Å²) in [6.07, 6.45) is 13.3. The molecule has 0 saturated carbocycles. The molecule has 1 N–H and O–H groups in total. The van der Waals surface area contributed by atoms with E-state index < -0.39 is 5.97 Å². The van der Waals surface area contributed by atoms with Crippen molar-refractivity contribution in [2.45, 2.75) is 0 Å². The van der Waals surface area contributed by atoms with E-state index in [1.54, 1.807) is 12.1 Å². The molecule has 1 aliphatic carbocycles. The van der Waals surface area contributed by atoms with Gasteiger partial charge in [0.2, 0.25) is 0 Å². The molecule has 2 heteroatoms. The third-order valence-electron chi connectivity index (χ3n) is 2.46. The Morgan fingerprint density at radius 1 is 0.941 bits per heavy atom. The van der Waals surface area contributed by atoms with Crippen LogP contribution in [0, 0.1) is 0 Å². The number of allylic oxidation sites excluding steroid dienone is 8. The maximum Gasteiger partial charge on any atom is 0.336 e. The van der Waals surface area contributed by atoms with E-state index in [0.717, 1.165) is 11.1 Å². The Morgan fingerprint density at radius 3 is 2.47 bits per heavy atom. The third kappa shape index (κ3) is 2.61. The number of hydrogen-bond donors (Lipinski definition) is 1. The summed E-state index contributed by atoms with van der Waals surface area (Å²) >= 11 is 0. The van der Waals surface area contributed by atoms with Gasteiger partial charge in [-0.2, -0.15) is 0 Å². The molecule has 2 nitrogen and oxygen atoms in total. The average Bonchev–Trinajstić information content (AvgIpc) is 2.28. The van der Waals surface area contributed by atoms with E-state index in [2.05, 4.69) is 0 Å². The van der Waals surface area contributed by atoms with Gasteiger partial charge in [-0.25, -0.2) is 4.79 Å². The molecular formula is C15H12O2. The summed E-state index contributed by atoms with van der Waals surface area (Å²) in [5.74, 6) is -0.906. The Bertz CT molecular complexity index is 546. The lowest BCUT2D eigenvalue weighted by Gasteiger charge is -2.06. The van der Waals surface area contributed by atoms with Crippen molar-refractivity contribution < 1.29 is 9.90 Å². The molecule has 1 aromatic rings. The summed E-state index contributed by atoms with van der Waals surface area (Å²) in [4.78, 5) is 11.1. The van der Waals surface area contributed by atoms with Gasteiger partial charge in [-0.15, -0.1) is 0 Å². The molecule has 0 heterocycles. The zero-order chi connectivity index (χ0) is 12.1. The van der Waals surface area contributed by atoms with Crippen LogP contribution in [0.1, 0.15) is 15.9 Å². The van der Waals surface area contributed by atoms with E-state index in [1.165, 1.54) is 0 Å². The fraction of sp³-hybridized carbons (Fsp3) is 0. The first kappa shape index (κ1) is 11.1. The van der Waals surface area contributed by atoms with Crippen molar-refractivity contribution in [3.05, 3.63) is 77.9 Å². The van der Waals surface area contributed by atoms with Crippen LogP contribution in [0.15, 0.2) is 66.8 Å². The van der Waals surface area contributed by atoms with E-state index in [-0.39, 0.29) is 0 Å².